The number of hydrogen-bond acceptors (Lipinski definition) is 2. The van der Waals surface area contributed by atoms with E-state index in [1.54, 1.807) is 0 Å². The van der Waals surface area contributed by atoms with Crippen molar-refractivity contribution in [1.82, 2.24) is 5.32 Å². The Morgan fingerprint density at radius 3 is 1.56 bits per heavy atom. The maximum atomic E-state index is 11.3. The van der Waals surface area contributed by atoms with Gasteiger partial charge in [-0.2, -0.15) is 0 Å². The molecule has 0 heterocycles. The monoisotopic (exact) mass is 254 g/mol. The summed E-state index contributed by atoms with van der Waals surface area (Å²) < 4.78 is 0. The van der Waals surface area contributed by atoms with Gasteiger partial charge in [0.05, 0.1) is 0 Å². The van der Waals surface area contributed by atoms with Gasteiger partial charge in [-0.3, -0.25) is 9.59 Å². The molecule has 1 rings (SSSR count). The lowest BCUT2D eigenvalue weighted by Crippen LogP contribution is -2.42. The Balaban J connectivity index is 2.36. The minimum Gasteiger partial charge on any atom is -0.361 e. The van der Waals surface area contributed by atoms with E-state index in [4.69, 9.17) is 5.73 Å². The second kappa shape index (κ2) is 8.95. The zero-order valence-corrected chi connectivity index (χ0v) is 11.2. The van der Waals surface area contributed by atoms with E-state index in [1.165, 1.54) is 44.9 Å². The molecule has 1 aliphatic rings. The molecule has 4 heteroatoms. The van der Waals surface area contributed by atoms with Gasteiger partial charge in [-0.25, -0.2) is 0 Å². The Bertz CT molecular complexity index is 255. The summed E-state index contributed by atoms with van der Waals surface area (Å²) in [6, 6.07) is 0.129. The van der Waals surface area contributed by atoms with E-state index in [0.717, 1.165) is 25.7 Å². The fourth-order valence-electron chi connectivity index (χ4n) is 2.56. The number of amides is 2. The molecule has 104 valence electrons. The molecule has 0 aromatic carbocycles. The zero-order valence-electron chi connectivity index (χ0n) is 11.2. The molecule has 1 saturated carbocycles. The summed E-state index contributed by atoms with van der Waals surface area (Å²) in [6.07, 6.45) is 13.3. The molecule has 4 nitrogen and oxygen atoms in total. The lowest BCUT2D eigenvalue weighted by molar-refractivity contribution is -0.137. The standard InChI is InChI=1S/C14H26N2O2/c15-13(17)14(18)16-12-10-8-6-4-2-1-3-5-7-9-11-12/h12H,1-11H2,(H2,15,17)(H,16,18). The van der Waals surface area contributed by atoms with E-state index < -0.39 is 11.8 Å². The Kier molecular flexibility index (Phi) is 7.46. The van der Waals surface area contributed by atoms with Crippen LogP contribution >= 0.6 is 0 Å². The zero-order chi connectivity index (χ0) is 13.2. The van der Waals surface area contributed by atoms with Gasteiger partial charge in [-0.05, 0) is 12.8 Å². The van der Waals surface area contributed by atoms with E-state index >= 15 is 0 Å². The third kappa shape index (κ3) is 6.62. The van der Waals surface area contributed by atoms with E-state index in [2.05, 4.69) is 5.32 Å². The van der Waals surface area contributed by atoms with Gasteiger partial charge in [-0.15, -0.1) is 0 Å². The quantitative estimate of drug-likeness (QED) is 0.704. The van der Waals surface area contributed by atoms with Crippen LogP contribution in [0.15, 0.2) is 0 Å². The fourth-order valence-corrected chi connectivity index (χ4v) is 2.56. The number of primary amides is 1. The number of carbonyl (C=O) groups is 2. The third-order valence-corrected chi connectivity index (χ3v) is 3.66. The molecular formula is C14H26N2O2. The largest absolute Gasteiger partial charge is 0.361 e. The van der Waals surface area contributed by atoms with Crippen LogP contribution in [0.25, 0.3) is 0 Å². The molecule has 0 saturated heterocycles. The van der Waals surface area contributed by atoms with Crippen molar-refractivity contribution >= 4 is 11.8 Å². The van der Waals surface area contributed by atoms with Crippen molar-refractivity contribution in [3.05, 3.63) is 0 Å². The summed E-state index contributed by atoms with van der Waals surface area (Å²) >= 11 is 0. The molecule has 0 radical (unpaired) electrons. The van der Waals surface area contributed by atoms with Gasteiger partial charge in [0.2, 0.25) is 0 Å². The highest BCUT2D eigenvalue weighted by atomic mass is 16.2. The molecule has 0 spiro atoms. The first kappa shape index (κ1) is 15.0. The topological polar surface area (TPSA) is 72.2 Å². The van der Waals surface area contributed by atoms with Crippen LogP contribution in [-0.4, -0.2) is 17.9 Å². The van der Waals surface area contributed by atoms with Crippen LogP contribution in [0, 0.1) is 0 Å². The van der Waals surface area contributed by atoms with Crippen molar-refractivity contribution < 1.29 is 9.59 Å². The summed E-state index contributed by atoms with van der Waals surface area (Å²) in [4.78, 5) is 22.1. The van der Waals surface area contributed by atoms with E-state index in [-0.39, 0.29) is 6.04 Å². The first-order valence-electron chi connectivity index (χ1n) is 7.30. The maximum Gasteiger partial charge on any atom is 0.309 e. The van der Waals surface area contributed by atoms with Crippen molar-refractivity contribution in [3.8, 4) is 0 Å². The number of nitrogens with two attached hydrogens (primary N) is 1. The first-order chi connectivity index (χ1) is 8.70. The van der Waals surface area contributed by atoms with Crippen LogP contribution in [-0.2, 0) is 9.59 Å². The van der Waals surface area contributed by atoms with Gasteiger partial charge in [0, 0.05) is 6.04 Å². The highest BCUT2D eigenvalue weighted by molar-refractivity contribution is 6.34. The SMILES string of the molecule is NC(=O)C(=O)NC1CCCCCCCCCCC1. The van der Waals surface area contributed by atoms with Crippen LogP contribution in [0.3, 0.4) is 0 Å². The summed E-state index contributed by atoms with van der Waals surface area (Å²) in [5, 5.41) is 2.76. The predicted molar refractivity (Wildman–Crippen MR) is 71.9 cm³/mol. The minimum atomic E-state index is -0.874. The van der Waals surface area contributed by atoms with Crippen LogP contribution in [0.4, 0.5) is 0 Å². The molecule has 1 fully saturated rings. The first-order valence-corrected chi connectivity index (χ1v) is 7.30. The van der Waals surface area contributed by atoms with Crippen LogP contribution < -0.4 is 11.1 Å². The average Bonchev–Trinajstić information content (AvgIpc) is 2.32. The van der Waals surface area contributed by atoms with Crippen molar-refractivity contribution in [1.29, 1.82) is 0 Å². The molecule has 3 N–H and O–H groups in total. The van der Waals surface area contributed by atoms with Crippen molar-refractivity contribution in [2.24, 2.45) is 5.73 Å². The lowest BCUT2D eigenvalue weighted by atomic mass is 9.98. The summed E-state index contributed by atoms with van der Waals surface area (Å²) in [6.45, 7) is 0. The Morgan fingerprint density at radius 1 is 0.778 bits per heavy atom. The molecular weight excluding hydrogens is 228 g/mol. The minimum absolute atomic E-state index is 0.129. The number of nitrogens with one attached hydrogen (secondary N) is 1. The fraction of sp³-hybridized carbons (Fsp3) is 0.857. The molecule has 0 aliphatic heterocycles. The molecule has 18 heavy (non-hydrogen) atoms. The Morgan fingerprint density at radius 2 is 1.17 bits per heavy atom. The average molecular weight is 254 g/mol. The number of carbonyl (C=O) groups excluding carboxylic acids is 2. The molecule has 0 aromatic heterocycles. The molecule has 0 unspecified atom stereocenters. The van der Waals surface area contributed by atoms with E-state index in [0.29, 0.717) is 0 Å². The highest BCUT2D eigenvalue weighted by Crippen LogP contribution is 2.16. The number of rotatable bonds is 1. The van der Waals surface area contributed by atoms with Gasteiger partial charge >= 0.3 is 11.8 Å². The molecule has 0 atom stereocenters. The molecule has 2 amide bonds. The molecule has 0 aromatic rings. The lowest BCUT2D eigenvalue weighted by Gasteiger charge is -2.18. The van der Waals surface area contributed by atoms with Crippen molar-refractivity contribution in [3.63, 3.8) is 0 Å². The van der Waals surface area contributed by atoms with Gasteiger partial charge in [0.15, 0.2) is 0 Å². The van der Waals surface area contributed by atoms with Gasteiger partial charge in [0.25, 0.3) is 0 Å². The van der Waals surface area contributed by atoms with Crippen LogP contribution in [0.5, 0.6) is 0 Å². The second-order valence-electron chi connectivity index (χ2n) is 5.29. The second-order valence-corrected chi connectivity index (χ2v) is 5.29. The van der Waals surface area contributed by atoms with Crippen LogP contribution in [0.2, 0.25) is 0 Å². The van der Waals surface area contributed by atoms with E-state index in [9.17, 15) is 9.59 Å². The smallest absolute Gasteiger partial charge is 0.309 e. The predicted octanol–water partition coefficient (Wildman–Crippen LogP) is 2.26. The van der Waals surface area contributed by atoms with Crippen molar-refractivity contribution in [2.45, 2.75) is 76.7 Å². The number of hydrogen-bond donors (Lipinski definition) is 2. The normalized spacial score (nSPS) is 20.4. The van der Waals surface area contributed by atoms with Gasteiger partial charge in [0.1, 0.15) is 0 Å². The van der Waals surface area contributed by atoms with Gasteiger partial charge in [-0.1, -0.05) is 57.8 Å². The van der Waals surface area contributed by atoms with E-state index in [1.807, 2.05) is 0 Å². The molecule has 0 bridgehead atoms. The van der Waals surface area contributed by atoms with Crippen molar-refractivity contribution in [2.75, 3.05) is 0 Å². The highest BCUT2D eigenvalue weighted by Gasteiger charge is 2.15. The molecule has 1 aliphatic carbocycles. The summed E-state index contributed by atoms with van der Waals surface area (Å²) in [5.74, 6) is -1.51. The summed E-state index contributed by atoms with van der Waals surface area (Å²) in [7, 11) is 0. The maximum absolute atomic E-state index is 11.3. The Labute approximate surface area is 110 Å². The van der Waals surface area contributed by atoms with Gasteiger partial charge < -0.3 is 11.1 Å². The van der Waals surface area contributed by atoms with Crippen LogP contribution in [0.1, 0.15) is 70.6 Å². The summed E-state index contributed by atoms with van der Waals surface area (Å²) in [5.41, 5.74) is 4.97. The third-order valence-electron chi connectivity index (χ3n) is 3.66. The Hall–Kier alpha value is -1.06.